The van der Waals surface area contributed by atoms with Crippen LogP contribution in [0.2, 0.25) is 0 Å². The van der Waals surface area contributed by atoms with E-state index in [1.807, 2.05) is 13.8 Å². The molecule has 0 fully saturated rings. The van der Waals surface area contributed by atoms with Gasteiger partial charge in [0.1, 0.15) is 0 Å². The number of carbonyl (C=O) groups excluding carboxylic acids is 1. The maximum atomic E-state index is 13.7. The summed E-state index contributed by atoms with van der Waals surface area (Å²) in [6, 6.07) is 6.46. The smallest absolute Gasteiger partial charge is 0.322 e. The number of anilines is 1. The zero-order valence-electron chi connectivity index (χ0n) is 13.5. The van der Waals surface area contributed by atoms with Crippen LogP contribution in [0.15, 0.2) is 35.8 Å². The molecule has 130 valence electrons. The van der Waals surface area contributed by atoms with Crippen molar-refractivity contribution >= 4 is 11.6 Å². The minimum absolute atomic E-state index is 0.301. The lowest BCUT2D eigenvalue weighted by molar-refractivity contribution is -0.133. The zero-order chi connectivity index (χ0) is 18.2. The molecule has 0 spiro atoms. The number of nitrogens with two attached hydrogens (primary N) is 1. The number of rotatable bonds is 4. The minimum Gasteiger partial charge on any atom is -0.322 e. The summed E-state index contributed by atoms with van der Waals surface area (Å²) in [6.07, 6.45) is -6.44. The summed E-state index contributed by atoms with van der Waals surface area (Å²) in [5.74, 6) is 2.45. The second kappa shape index (κ2) is 9.14. The average Bonchev–Trinajstić information content (AvgIpc) is 2.47. The molecule has 0 unspecified atom stereocenters. The van der Waals surface area contributed by atoms with Gasteiger partial charge >= 0.3 is 6.18 Å². The summed E-state index contributed by atoms with van der Waals surface area (Å²) in [4.78, 5) is 11.9. The summed E-state index contributed by atoms with van der Waals surface area (Å²) in [5.41, 5.74) is -0.135. The number of carbonyl (C=O) groups is 1. The predicted molar refractivity (Wildman–Crippen MR) is 81.9 cm³/mol. The first-order chi connectivity index (χ1) is 10.6. The van der Waals surface area contributed by atoms with E-state index in [4.69, 9.17) is 5.84 Å². The molecular weight excluding hydrogens is 314 g/mol. The van der Waals surface area contributed by atoms with Crippen LogP contribution in [0.4, 0.5) is 23.2 Å². The van der Waals surface area contributed by atoms with E-state index >= 15 is 0 Å². The van der Waals surface area contributed by atoms with Crippen LogP contribution in [0.3, 0.4) is 0 Å². The highest BCUT2D eigenvalue weighted by Gasteiger charge is 2.34. The van der Waals surface area contributed by atoms with Crippen LogP contribution in [0, 0.1) is 6.92 Å². The molecule has 4 nitrogen and oxygen atoms in total. The standard InChI is InChI=1S/C13H15F4N3O.C2H6/c1-8-5-3-4-6-10(8)19-12(21)9(7-13(15,16)17)11(14)20(2)18;1-2/h3-6H,7,18H2,1-2H3,(H,19,21);1-2H3/b11-9+;. The number of hydrazine groups is 1. The number of aryl methyl sites for hydroxylation is 1. The predicted octanol–water partition coefficient (Wildman–Crippen LogP) is 3.90. The number of hydrogen-bond acceptors (Lipinski definition) is 3. The van der Waals surface area contributed by atoms with Crippen molar-refractivity contribution < 1.29 is 22.4 Å². The van der Waals surface area contributed by atoms with Crippen molar-refractivity contribution in [2.75, 3.05) is 12.4 Å². The van der Waals surface area contributed by atoms with Crippen LogP contribution < -0.4 is 11.2 Å². The van der Waals surface area contributed by atoms with Crippen molar-refractivity contribution in [3.63, 3.8) is 0 Å². The molecule has 0 atom stereocenters. The van der Waals surface area contributed by atoms with Crippen molar-refractivity contribution in [3.8, 4) is 0 Å². The van der Waals surface area contributed by atoms with E-state index in [0.29, 0.717) is 16.3 Å². The topological polar surface area (TPSA) is 58.4 Å². The number of nitrogens with zero attached hydrogens (tertiary/aromatic N) is 1. The first-order valence-electron chi connectivity index (χ1n) is 6.92. The first kappa shape index (κ1) is 20.9. The van der Waals surface area contributed by atoms with Gasteiger partial charge in [0.15, 0.2) is 0 Å². The third kappa shape index (κ3) is 7.14. The largest absolute Gasteiger partial charge is 0.393 e. The maximum absolute atomic E-state index is 13.7. The minimum atomic E-state index is -4.73. The normalized spacial score (nSPS) is 11.9. The van der Waals surface area contributed by atoms with Crippen LogP contribution >= 0.6 is 0 Å². The van der Waals surface area contributed by atoms with Gasteiger partial charge in [0.25, 0.3) is 5.91 Å². The Hall–Kier alpha value is -2.09. The molecule has 0 radical (unpaired) electrons. The molecule has 0 saturated heterocycles. The van der Waals surface area contributed by atoms with Crippen LogP contribution in [0.25, 0.3) is 0 Å². The fourth-order valence-corrected chi connectivity index (χ4v) is 1.57. The molecule has 0 saturated carbocycles. The lowest BCUT2D eigenvalue weighted by Crippen LogP contribution is -2.29. The van der Waals surface area contributed by atoms with Crippen molar-refractivity contribution in [2.45, 2.75) is 33.4 Å². The van der Waals surface area contributed by atoms with Crippen molar-refractivity contribution in [1.29, 1.82) is 0 Å². The average molecular weight is 335 g/mol. The summed E-state index contributed by atoms with van der Waals surface area (Å²) in [5, 5.41) is 2.58. The van der Waals surface area contributed by atoms with Gasteiger partial charge in [-0.15, -0.1) is 0 Å². The molecule has 0 aliphatic heterocycles. The zero-order valence-corrected chi connectivity index (χ0v) is 13.5. The fraction of sp³-hybridized carbons (Fsp3) is 0.400. The van der Waals surface area contributed by atoms with Gasteiger partial charge < -0.3 is 5.32 Å². The Kier molecular flexibility index (Phi) is 8.31. The van der Waals surface area contributed by atoms with E-state index in [1.165, 1.54) is 6.07 Å². The molecule has 0 aromatic heterocycles. The molecular formula is C15H21F4N3O. The quantitative estimate of drug-likeness (QED) is 0.288. The Balaban J connectivity index is 0.00000232. The van der Waals surface area contributed by atoms with E-state index < -0.39 is 30.0 Å². The third-order valence-electron chi connectivity index (χ3n) is 2.60. The first-order valence-corrected chi connectivity index (χ1v) is 6.92. The Labute approximate surface area is 132 Å². The molecule has 23 heavy (non-hydrogen) atoms. The number of hydrogen-bond donors (Lipinski definition) is 2. The lowest BCUT2D eigenvalue weighted by atomic mass is 10.1. The number of halogens is 4. The number of nitrogens with one attached hydrogen (secondary N) is 1. The van der Waals surface area contributed by atoms with Gasteiger partial charge in [-0.1, -0.05) is 32.0 Å². The highest BCUT2D eigenvalue weighted by Crippen LogP contribution is 2.28. The Bertz CT molecular complexity index is 554. The molecule has 1 amide bonds. The maximum Gasteiger partial charge on any atom is 0.393 e. The van der Waals surface area contributed by atoms with E-state index in [-0.39, 0.29) is 0 Å². The molecule has 0 heterocycles. The third-order valence-corrected chi connectivity index (χ3v) is 2.60. The van der Waals surface area contributed by atoms with Crippen molar-refractivity contribution in [1.82, 2.24) is 5.01 Å². The Morgan fingerprint density at radius 3 is 2.22 bits per heavy atom. The number of amides is 1. The van der Waals surface area contributed by atoms with Gasteiger partial charge in [0.2, 0.25) is 5.95 Å². The molecule has 8 heteroatoms. The molecule has 0 bridgehead atoms. The molecule has 0 aliphatic rings. The fourth-order valence-electron chi connectivity index (χ4n) is 1.57. The summed E-state index contributed by atoms with van der Waals surface area (Å²) >= 11 is 0. The number of para-hydroxylation sites is 1. The van der Waals surface area contributed by atoms with Crippen LogP contribution in [0.1, 0.15) is 25.8 Å². The van der Waals surface area contributed by atoms with E-state index in [9.17, 15) is 22.4 Å². The van der Waals surface area contributed by atoms with Crippen LogP contribution in [-0.2, 0) is 4.79 Å². The lowest BCUT2D eigenvalue weighted by Gasteiger charge is -2.17. The molecule has 0 aliphatic carbocycles. The van der Waals surface area contributed by atoms with E-state index in [0.717, 1.165) is 7.05 Å². The number of benzene rings is 1. The van der Waals surface area contributed by atoms with Gasteiger partial charge in [-0.2, -0.15) is 17.6 Å². The van der Waals surface area contributed by atoms with E-state index in [1.54, 1.807) is 25.1 Å². The van der Waals surface area contributed by atoms with Crippen molar-refractivity contribution in [2.24, 2.45) is 5.84 Å². The molecule has 3 N–H and O–H groups in total. The van der Waals surface area contributed by atoms with E-state index in [2.05, 4.69) is 5.32 Å². The van der Waals surface area contributed by atoms with Crippen LogP contribution in [0.5, 0.6) is 0 Å². The second-order valence-electron chi connectivity index (χ2n) is 4.44. The summed E-state index contributed by atoms with van der Waals surface area (Å²) < 4.78 is 51.1. The van der Waals surface area contributed by atoms with Gasteiger partial charge in [0.05, 0.1) is 12.0 Å². The number of alkyl halides is 3. The Morgan fingerprint density at radius 2 is 1.78 bits per heavy atom. The van der Waals surface area contributed by atoms with Gasteiger partial charge in [-0.05, 0) is 18.6 Å². The Morgan fingerprint density at radius 1 is 1.26 bits per heavy atom. The summed E-state index contributed by atoms with van der Waals surface area (Å²) in [7, 11) is 1.01. The van der Waals surface area contributed by atoms with Crippen LogP contribution in [-0.4, -0.2) is 24.1 Å². The highest BCUT2D eigenvalue weighted by molar-refractivity contribution is 6.04. The molecule has 1 aromatic carbocycles. The van der Waals surface area contributed by atoms with Crippen molar-refractivity contribution in [3.05, 3.63) is 41.4 Å². The highest BCUT2D eigenvalue weighted by atomic mass is 19.4. The summed E-state index contributed by atoms with van der Waals surface area (Å²) in [6.45, 7) is 5.66. The SMILES string of the molecule is CC.Cc1ccccc1NC(=O)/C(CC(F)(F)F)=C(\F)N(C)N. The molecule has 1 aromatic rings. The van der Waals surface area contributed by atoms with Gasteiger partial charge in [-0.3, -0.25) is 9.80 Å². The monoisotopic (exact) mass is 335 g/mol. The molecule has 1 rings (SSSR count). The second-order valence-corrected chi connectivity index (χ2v) is 4.44. The van der Waals surface area contributed by atoms with Gasteiger partial charge in [-0.25, -0.2) is 5.84 Å². The van der Waals surface area contributed by atoms with Gasteiger partial charge in [0, 0.05) is 12.7 Å².